The Morgan fingerprint density at radius 1 is 1.29 bits per heavy atom. The van der Waals surface area contributed by atoms with E-state index in [-0.39, 0.29) is 0 Å². The highest BCUT2D eigenvalue weighted by molar-refractivity contribution is 6.38. The number of nitrogens with two attached hydrogens (primary N) is 1. The fourth-order valence-electron chi connectivity index (χ4n) is 0.993. The molecule has 0 heterocycles. The molecule has 0 fully saturated rings. The number of nitrogens with one attached hydrogen (secondary N) is 1. The van der Waals surface area contributed by atoms with E-state index >= 15 is 0 Å². The number of Topliss-reactive ketones (excluding diaryl/α,β-unsaturated/α-hetero) is 1. The first-order valence-corrected chi connectivity index (χ1v) is 5.06. The van der Waals surface area contributed by atoms with Crippen molar-refractivity contribution in [3.63, 3.8) is 0 Å². The lowest BCUT2D eigenvalue weighted by Crippen LogP contribution is -2.52. The molecule has 0 spiro atoms. The van der Waals surface area contributed by atoms with Crippen molar-refractivity contribution in [3.05, 3.63) is 0 Å². The summed E-state index contributed by atoms with van der Waals surface area (Å²) in [5.74, 6) is -2.31. The number of aliphatic hydroxyl groups excluding tert-OH is 1. The van der Waals surface area contributed by atoms with Gasteiger partial charge >= 0.3 is 6.09 Å². The molecule has 17 heavy (non-hydrogen) atoms. The van der Waals surface area contributed by atoms with Crippen LogP contribution >= 0.6 is 0 Å². The van der Waals surface area contributed by atoms with Crippen molar-refractivity contribution in [2.45, 2.75) is 45.4 Å². The van der Waals surface area contributed by atoms with Gasteiger partial charge in [0, 0.05) is 0 Å². The zero-order chi connectivity index (χ0) is 13.8. The molecule has 4 N–H and O–H groups in total. The summed E-state index contributed by atoms with van der Waals surface area (Å²) >= 11 is 0. The summed E-state index contributed by atoms with van der Waals surface area (Å²) in [5, 5.41) is 11.4. The van der Waals surface area contributed by atoms with Crippen molar-refractivity contribution in [2.24, 2.45) is 5.73 Å². The molecule has 0 bridgehead atoms. The van der Waals surface area contributed by atoms with Gasteiger partial charge in [-0.3, -0.25) is 9.59 Å². The van der Waals surface area contributed by atoms with Gasteiger partial charge in [-0.15, -0.1) is 0 Å². The van der Waals surface area contributed by atoms with Crippen LogP contribution in [-0.4, -0.2) is 40.6 Å². The molecule has 0 unspecified atom stereocenters. The van der Waals surface area contributed by atoms with Gasteiger partial charge in [-0.05, 0) is 27.7 Å². The van der Waals surface area contributed by atoms with Gasteiger partial charge in [0.25, 0.3) is 5.91 Å². The Morgan fingerprint density at radius 3 is 2.06 bits per heavy atom. The van der Waals surface area contributed by atoms with Gasteiger partial charge in [0.05, 0.1) is 6.10 Å². The van der Waals surface area contributed by atoms with Gasteiger partial charge < -0.3 is 20.9 Å². The van der Waals surface area contributed by atoms with Gasteiger partial charge in [-0.1, -0.05) is 0 Å². The van der Waals surface area contributed by atoms with Crippen molar-refractivity contribution >= 4 is 17.8 Å². The largest absolute Gasteiger partial charge is 0.444 e. The summed E-state index contributed by atoms with van der Waals surface area (Å²) in [5.41, 5.74) is 4.04. The van der Waals surface area contributed by atoms with E-state index < -0.39 is 35.5 Å². The molecule has 2 atom stereocenters. The number of rotatable bonds is 4. The summed E-state index contributed by atoms with van der Waals surface area (Å²) in [6.07, 6.45) is -2.15. The third-order valence-electron chi connectivity index (χ3n) is 1.68. The quantitative estimate of drug-likeness (QED) is 0.567. The molecular formula is C10H18N2O5. The first-order chi connectivity index (χ1) is 7.54. The lowest BCUT2D eigenvalue weighted by molar-refractivity contribution is -0.138. The minimum atomic E-state index is -1.40. The predicted molar refractivity (Wildman–Crippen MR) is 59.0 cm³/mol. The first kappa shape index (κ1) is 15.4. The average molecular weight is 246 g/mol. The van der Waals surface area contributed by atoms with Crippen molar-refractivity contribution in [2.75, 3.05) is 0 Å². The number of ketones is 1. The molecule has 7 heteroatoms. The Kier molecular flexibility index (Phi) is 5.09. The molecule has 2 amide bonds. The van der Waals surface area contributed by atoms with Gasteiger partial charge in [-0.2, -0.15) is 0 Å². The maximum atomic E-state index is 11.4. The molecule has 0 radical (unpaired) electrons. The predicted octanol–water partition coefficient (Wildman–Crippen LogP) is -0.685. The van der Waals surface area contributed by atoms with Gasteiger partial charge in [0.15, 0.2) is 0 Å². The van der Waals surface area contributed by atoms with Gasteiger partial charge in [0.2, 0.25) is 5.78 Å². The summed E-state index contributed by atoms with van der Waals surface area (Å²) in [4.78, 5) is 33.3. The Balaban J connectivity index is 4.63. The van der Waals surface area contributed by atoms with Crippen LogP contribution < -0.4 is 11.1 Å². The lowest BCUT2D eigenvalue weighted by atomic mass is 10.1. The van der Waals surface area contributed by atoms with Crippen LogP contribution in [0.5, 0.6) is 0 Å². The Hall–Kier alpha value is -1.63. The number of hydrogen-bond acceptors (Lipinski definition) is 5. The molecule has 0 aliphatic carbocycles. The number of carbonyl (C=O) groups is 3. The third-order valence-corrected chi connectivity index (χ3v) is 1.68. The topological polar surface area (TPSA) is 119 Å². The van der Waals surface area contributed by atoms with E-state index in [4.69, 9.17) is 10.5 Å². The molecule has 0 saturated heterocycles. The second-order valence-corrected chi connectivity index (χ2v) is 4.59. The van der Waals surface area contributed by atoms with Crippen LogP contribution in [0.15, 0.2) is 0 Å². The van der Waals surface area contributed by atoms with Crippen LogP contribution in [0.25, 0.3) is 0 Å². The SMILES string of the molecule is C[C@@H](O)[C@H](NC(=O)OC(C)(C)C)C(=O)C(N)=O. The lowest BCUT2D eigenvalue weighted by Gasteiger charge is -2.23. The molecule has 7 nitrogen and oxygen atoms in total. The molecule has 0 aromatic rings. The number of amides is 2. The van der Waals surface area contributed by atoms with E-state index in [9.17, 15) is 19.5 Å². The molecular weight excluding hydrogens is 228 g/mol. The molecule has 0 saturated carbocycles. The molecule has 0 aromatic heterocycles. The zero-order valence-electron chi connectivity index (χ0n) is 10.3. The van der Waals surface area contributed by atoms with Crippen LogP contribution in [0.3, 0.4) is 0 Å². The second-order valence-electron chi connectivity index (χ2n) is 4.59. The molecule has 0 aliphatic heterocycles. The van der Waals surface area contributed by atoms with Crippen molar-refractivity contribution < 1.29 is 24.2 Å². The monoisotopic (exact) mass is 246 g/mol. The minimum absolute atomic E-state index is 0.747. The maximum absolute atomic E-state index is 11.4. The Bertz CT molecular complexity index is 319. The highest BCUT2D eigenvalue weighted by Crippen LogP contribution is 2.07. The number of alkyl carbamates (subject to hydrolysis) is 1. The van der Waals surface area contributed by atoms with E-state index in [1.165, 1.54) is 6.92 Å². The number of aliphatic hydroxyl groups is 1. The van der Waals surface area contributed by atoms with Crippen LogP contribution in [0.4, 0.5) is 4.79 Å². The number of hydrogen-bond donors (Lipinski definition) is 3. The van der Waals surface area contributed by atoms with Crippen molar-refractivity contribution in [3.8, 4) is 0 Å². The second kappa shape index (κ2) is 5.62. The molecule has 0 aliphatic rings. The normalized spacial score (nSPS) is 14.6. The number of primary amides is 1. The fourth-order valence-corrected chi connectivity index (χ4v) is 0.993. The fraction of sp³-hybridized carbons (Fsp3) is 0.700. The Labute approximate surface area is 99.3 Å². The third kappa shape index (κ3) is 5.86. The molecule has 98 valence electrons. The number of ether oxygens (including phenoxy) is 1. The van der Waals surface area contributed by atoms with Crippen LogP contribution in [0.2, 0.25) is 0 Å². The van der Waals surface area contributed by atoms with E-state index in [2.05, 4.69) is 5.32 Å². The molecule has 0 rings (SSSR count). The van der Waals surface area contributed by atoms with Gasteiger partial charge in [-0.25, -0.2) is 4.79 Å². The standard InChI is InChI=1S/C10H18N2O5/c1-5(13)6(7(14)8(11)15)12-9(16)17-10(2,3)4/h5-6,13H,1-4H3,(H2,11,15)(H,12,16)/t5-,6+/m1/s1. The summed E-state index contributed by atoms with van der Waals surface area (Å²) in [6, 6.07) is -1.40. The maximum Gasteiger partial charge on any atom is 0.408 e. The van der Waals surface area contributed by atoms with E-state index in [1.54, 1.807) is 20.8 Å². The van der Waals surface area contributed by atoms with Crippen LogP contribution in [0.1, 0.15) is 27.7 Å². The van der Waals surface area contributed by atoms with Crippen LogP contribution in [0, 0.1) is 0 Å². The first-order valence-electron chi connectivity index (χ1n) is 5.06. The zero-order valence-corrected chi connectivity index (χ0v) is 10.3. The highest BCUT2D eigenvalue weighted by Gasteiger charge is 2.30. The highest BCUT2D eigenvalue weighted by atomic mass is 16.6. The summed E-state index contributed by atoms with van der Waals surface area (Å²) < 4.78 is 4.88. The summed E-state index contributed by atoms with van der Waals surface area (Å²) in [6.45, 7) is 6.17. The van der Waals surface area contributed by atoms with Gasteiger partial charge in [0.1, 0.15) is 11.6 Å². The van der Waals surface area contributed by atoms with E-state index in [0.717, 1.165) is 0 Å². The Morgan fingerprint density at radius 2 is 1.76 bits per heavy atom. The van der Waals surface area contributed by atoms with Crippen molar-refractivity contribution in [1.82, 2.24) is 5.32 Å². The molecule has 0 aromatic carbocycles. The van der Waals surface area contributed by atoms with E-state index in [0.29, 0.717) is 0 Å². The number of carbonyl (C=O) groups excluding carboxylic acids is 3. The van der Waals surface area contributed by atoms with Crippen molar-refractivity contribution in [1.29, 1.82) is 0 Å². The smallest absolute Gasteiger partial charge is 0.408 e. The summed E-state index contributed by atoms with van der Waals surface area (Å²) in [7, 11) is 0. The minimum Gasteiger partial charge on any atom is -0.444 e. The average Bonchev–Trinajstić information content (AvgIpc) is 2.09. The van der Waals surface area contributed by atoms with Crippen LogP contribution in [-0.2, 0) is 14.3 Å². The van der Waals surface area contributed by atoms with E-state index in [1.807, 2.05) is 0 Å².